The van der Waals surface area contributed by atoms with Gasteiger partial charge in [-0.15, -0.1) is 0 Å². The lowest BCUT2D eigenvalue weighted by Gasteiger charge is -2.39. The zero-order valence-corrected chi connectivity index (χ0v) is 25.8. The fraction of sp³-hybridized carbons (Fsp3) is 0.314. The molecule has 2 heterocycles. The van der Waals surface area contributed by atoms with E-state index in [-0.39, 0.29) is 29.5 Å². The summed E-state index contributed by atoms with van der Waals surface area (Å²) in [7, 11) is 1.26. The molecule has 1 atom stereocenters. The third-order valence-electron chi connectivity index (χ3n) is 8.44. The summed E-state index contributed by atoms with van der Waals surface area (Å²) in [6.45, 7) is 7.52. The SMILES string of the molecule is COC(=O)C1=C(C)NC(C)=C(C(=O)OCCN2CCN(C(c3ccccc3)c3ccccc3)CC2)[C@@H]1c1cccc([N+](=O)[O-])c1. The lowest BCUT2D eigenvalue weighted by Crippen LogP contribution is -2.48. The fourth-order valence-corrected chi connectivity index (χ4v) is 6.27. The molecule has 0 amide bonds. The van der Waals surface area contributed by atoms with Gasteiger partial charge in [0.15, 0.2) is 0 Å². The number of nitro benzene ring substituents is 1. The van der Waals surface area contributed by atoms with E-state index in [1.165, 1.54) is 36.4 Å². The summed E-state index contributed by atoms with van der Waals surface area (Å²) in [5.74, 6) is -2.10. The first-order valence-electron chi connectivity index (χ1n) is 15.0. The Hall–Kier alpha value is -4.80. The molecule has 10 heteroatoms. The van der Waals surface area contributed by atoms with Gasteiger partial charge in [0.05, 0.1) is 35.1 Å². The first-order chi connectivity index (χ1) is 21.8. The Labute approximate surface area is 263 Å². The van der Waals surface area contributed by atoms with E-state index < -0.39 is 22.8 Å². The minimum atomic E-state index is -0.887. The Kier molecular flexibility index (Phi) is 10.1. The lowest BCUT2D eigenvalue weighted by atomic mass is 9.80. The number of non-ortho nitro benzene ring substituents is 1. The predicted molar refractivity (Wildman–Crippen MR) is 170 cm³/mol. The molecule has 10 nitrogen and oxygen atoms in total. The van der Waals surface area contributed by atoms with Crippen molar-refractivity contribution >= 4 is 17.6 Å². The first-order valence-corrected chi connectivity index (χ1v) is 15.0. The molecule has 5 rings (SSSR count). The highest BCUT2D eigenvalue weighted by Gasteiger charge is 2.38. The van der Waals surface area contributed by atoms with Crippen LogP contribution in [0.1, 0.15) is 42.5 Å². The lowest BCUT2D eigenvalue weighted by molar-refractivity contribution is -0.384. The van der Waals surface area contributed by atoms with Crippen LogP contribution < -0.4 is 5.32 Å². The highest BCUT2D eigenvalue weighted by atomic mass is 16.6. The molecular weight excluding hydrogens is 572 g/mol. The minimum Gasteiger partial charge on any atom is -0.466 e. The molecule has 0 radical (unpaired) electrons. The molecule has 2 aliphatic rings. The van der Waals surface area contributed by atoms with Crippen LogP contribution in [0.15, 0.2) is 107 Å². The Bertz CT molecular complexity index is 1560. The summed E-state index contributed by atoms with van der Waals surface area (Å²) in [6, 6.07) is 27.2. The van der Waals surface area contributed by atoms with Crippen molar-refractivity contribution in [3.8, 4) is 0 Å². The van der Waals surface area contributed by atoms with Crippen LogP contribution in [0.5, 0.6) is 0 Å². The van der Waals surface area contributed by atoms with Crippen LogP contribution in [0.2, 0.25) is 0 Å². The van der Waals surface area contributed by atoms with Crippen LogP contribution in [0.25, 0.3) is 0 Å². The maximum Gasteiger partial charge on any atom is 0.336 e. The molecule has 0 bridgehead atoms. The summed E-state index contributed by atoms with van der Waals surface area (Å²) in [4.78, 5) is 42.3. The second-order valence-electron chi connectivity index (χ2n) is 11.2. The number of carbonyl (C=O) groups excluding carboxylic acids is 2. The van der Waals surface area contributed by atoms with Gasteiger partial charge in [0, 0.05) is 56.3 Å². The Balaban J connectivity index is 1.26. The molecule has 1 saturated heterocycles. The number of hydrogen-bond acceptors (Lipinski definition) is 9. The smallest absolute Gasteiger partial charge is 0.336 e. The zero-order chi connectivity index (χ0) is 31.9. The monoisotopic (exact) mass is 610 g/mol. The maximum atomic E-state index is 13.6. The fourth-order valence-electron chi connectivity index (χ4n) is 6.27. The van der Waals surface area contributed by atoms with E-state index in [1.54, 1.807) is 19.9 Å². The minimum absolute atomic E-state index is 0.140. The average molecular weight is 611 g/mol. The molecule has 0 aromatic heterocycles. The normalized spacial score (nSPS) is 17.6. The molecule has 0 spiro atoms. The third-order valence-corrected chi connectivity index (χ3v) is 8.44. The highest BCUT2D eigenvalue weighted by Crippen LogP contribution is 2.40. The molecule has 0 unspecified atom stereocenters. The number of hydrogen-bond donors (Lipinski definition) is 1. The van der Waals surface area contributed by atoms with Crippen LogP contribution >= 0.6 is 0 Å². The van der Waals surface area contributed by atoms with E-state index in [9.17, 15) is 19.7 Å². The van der Waals surface area contributed by atoms with E-state index in [4.69, 9.17) is 9.47 Å². The number of esters is 2. The summed E-state index contributed by atoms with van der Waals surface area (Å²) < 4.78 is 10.8. The highest BCUT2D eigenvalue weighted by molar-refractivity contribution is 5.99. The summed E-state index contributed by atoms with van der Waals surface area (Å²) in [5.41, 5.74) is 4.25. The molecule has 3 aromatic carbocycles. The van der Waals surface area contributed by atoms with Gasteiger partial charge >= 0.3 is 11.9 Å². The van der Waals surface area contributed by atoms with E-state index in [0.717, 1.165) is 26.2 Å². The van der Waals surface area contributed by atoms with E-state index in [2.05, 4.69) is 63.6 Å². The third kappa shape index (κ3) is 7.13. The summed E-state index contributed by atoms with van der Waals surface area (Å²) in [5, 5.41) is 14.6. The van der Waals surface area contributed by atoms with E-state index >= 15 is 0 Å². The van der Waals surface area contributed by atoms with Crippen molar-refractivity contribution in [2.45, 2.75) is 25.8 Å². The number of nitro groups is 1. The number of methoxy groups -OCH3 is 1. The molecule has 1 fully saturated rings. The second kappa shape index (κ2) is 14.3. The molecule has 1 N–H and O–H groups in total. The predicted octanol–water partition coefficient (Wildman–Crippen LogP) is 4.95. The van der Waals surface area contributed by atoms with Gasteiger partial charge in [-0.2, -0.15) is 0 Å². The quantitative estimate of drug-likeness (QED) is 0.193. The van der Waals surface area contributed by atoms with Crippen molar-refractivity contribution in [3.05, 3.63) is 134 Å². The number of allylic oxidation sites excluding steroid dienone is 2. The first kappa shape index (κ1) is 31.6. The number of piperazine rings is 1. The van der Waals surface area contributed by atoms with Gasteiger partial charge in [0.25, 0.3) is 5.69 Å². The number of benzene rings is 3. The van der Waals surface area contributed by atoms with Crippen molar-refractivity contribution in [1.82, 2.24) is 15.1 Å². The molecule has 0 aliphatic carbocycles. The number of carbonyl (C=O) groups is 2. The topological polar surface area (TPSA) is 114 Å². The van der Waals surface area contributed by atoms with Crippen molar-refractivity contribution in [2.24, 2.45) is 0 Å². The average Bonchev–Trinajstić information content (AvgIpc) is 3.06. The number of nitrogens with zero attached hydrogens (tertiary/aromatic N) is 3. The molecule has 45 heavy (non-hydrogen) atoms. The molecular formula is C35H38N4O6. The Morgan fingerprint density at radius 2 is 1.44 bits per heavy atom. The van der Waals surface area contributed by atoms with Gasteiger partial charge in [-0.05, 0) is 30.5 Å². The van der Waals surface area contributed by atoms with Crippen molar-refractivity contribution in [2.75, 3.05) is 46.4 Å². The van der Waals surface area contributed by atoms with Crippen LogP contribution in [0.4, 0.5) is 5.69 Å². The van der Waals surface area contributed by atoms with Gasteiger partial charge in [-0.1, -0.05) is 72.8 Å². The van der Waals surface area contributed by atoms with Crippen LogP contribution in [-0.4, -0.2) is 73.1 Å². The number of ether oxygens (including phenoxy) is 2. The Morgan fingerprint density at radius 3 is 2.00 bits per heavy atom. The van der Waals surface area contributed by atoms with Crippen molar-refractivity contribution in [1.29, 1.82) is 0 Å². The summed E-state index contributed by atoms with van der Waals surface area (Å²) >= 11 is 0. The number of nitrogens with one attached hydrogen (secondary N) is 1. The molecule has 234 valence electrons. The van der Waals surface area contributed by atoms with E-state index in [0.29, 0.717) is 23.5 Å². The van der Waals surface area contributed by atoms with Crippen molar-refractivity contribution < 1.29 is 24.0 Å². The standard InChI is InChI=1S/C35H38N4O6/c1-24-30(34(40)44-3)32(28-15-10-16-29(23-28)39(42)43)31(25(2)36-24)35(41)45-22-21-37-17-19-38(20-18-37)33(26-11-6-4-7-12-26)27-13-8-5-9-14-27/h4-16,23,32-33,36H,17-22H2,1-3H3/t32-/m1/s1. The largest absolute Gasteiger partial charge is 0.466 e. The zero-order valence-electron chi connectivity index (χ0n) is 25.8. The Morgan fingerprint density at radius 1 is 0.867 bits per heavy atom. The van der Waals surface area contributed by atoms with Crippen LogP contribution in [0, 0.1) is 10.1 Å². The van der Waals surface area contributed by atoms with Gasteiger partial charge in [0.2, 0.25) is 0 Å². The molecule has 0 saturated carbocycles. The maximum absolute atomic E-state index is 13.6. The van der Waals surface area contributed by atoms with Gasteiger partial charge in [0.1, 0.15) is 6.61 Å². The number of rotatable bonds is 10. The second-order valence-corrected chi connectivity index (χ2v) is 11.2. The van der Waals surface area contributed by atoms with Gasteiger partial charge in [-0.25, -0.2) is 9.59 Å². The van der Waals surface area contributed by atoms with E-state index in [1.807, 2.05) is 12.1 Å². The van der Waals surface area contributed by atoms with Crippen LogP contribution in [0.3, 0.4) is 0 Å². The van der Waals surface area contributed by atoms with Gasteiger partial charge < -0.3 is 14.8 Å². The molecule has 3 aromatic rings. The summed E-state index contributed by atoms with van der Waals surface area (Å²) in [6.07, 6.45) is 0. The van der Waals surface area contributed by atoms with Crippen LogP contribution in [-0.2, 0) is 19.1 Å². The number of dihydropyridines is 1. The molecule has 2 aliphatic heterocycles. The van der Waals surface area contributed by atoms with Crippen molar-refractivity contribution in [3.63, 3.8) is 0 Å². The van der Waals surface area contributed by atoms with Gasteiger partial charge in [-0.3, -0.25) is 19.9 Å².